The third-order valence-electron chi connectivity index (χ3n) is 1.97. The summed E-state index contributed by atoms with van der Waals surface area (Å²) in [7, 11) is 0. The number of esters is 1. The summed E-state index contributed by atoms with van der Waals surface area (Å²) >= 11 is 3.15. The number of alkyl halides is 3. The minimum atomic E-state index is -2.64. The highest BCUT2D eigenvalue weighted by Crippen LogP contribution is 2.20. The average molecular weight is 308 g/mol. The predicted molar refractivity (Wildman–Crippen MR) is 62.2 cm³/mol. The molecule has 0 unspecified atom stereocenters. The molecule has 0 fully saturated rings. The van der Waals surface area contributed by atoms with Crippen LogP contribution >= 0.6 is 15.9 Å². The number of halogens is 3. The van der Waals surface area contributed by atoms with Gasteiger partial charge in [-0.25, -0.2) is 8.78 Å². The molecule has 0 atom stereocenters. The van der Waals surface area contributed by atoms with E-state index in [2.05, 4.69) is 20.9 Å². The summed E-state index contributed by atoms with van der Waals surface area (Å²) in [6.45, 7) is 1.97. The molecule has 0 aliphatic heterocycles. The zero-order chi connectivity index (χ0) is 12.8. The molecule has 1 heterocycles. The fourth-order valence-electron chi connectivity index (χ4n) is 1.34. The Morgan fingerprint density at radius 2 is 2.24 bits per heavy atom. The second-order valence-electron chi connectivity index (χ2n) is 3.31. The number of nitrogens with zero attached hydrogens (tertiary/aromatic N) is 1. The van der Waals surface area contributed by atoms with E-state index in [-0.39, 0.29) is 18.7 Å². The van der Waals surface area contributed by atoms with Crippen LogP contribution in [0.1, 0.15) is 30.3 Å². The normalized spacial score (nSPS) is 10.6. The number of rotatable bonds is 5. The van der Waals surface area contributed by atoms with E-state index in [1.807, 2.05) is 0 Å². The first-order chi connectivity index (χ1) is 8.06. The molecular formula is C11H12BrF2NO2. The van der Waals surface area contributed by atoms with Gasteiger partial charge in [-0.05, 0) is 24.6 Å². The number of ether oxygens (including phenoxy) is 1. The summed E-state index contributed by atoms with van der Waals surface area (Å²) < 4.78 is 29.9. The van der Waals surface area contributed by atoms with E-state index in [0.29, 0.717) is 16.6 Å². The van der Waals surface area contributed by atoms with Gasteiger partial charge < -0.3 is 4.74 Å². The second kappa shape index (κ2) is 6.64. The maximum atomic E-state index is 12.6. The van der Waals surface area contributed by atoms with Gasteiger partial charge in [-0.3, -0.25) is 9.78 Å². The quantitative estimate of drug-likeness (QED) is 0.620. The van der Waals surface area contributed by atoms with E-state index < -0.39 is 12.4 Å². The first kappa shape index (κ1) is 14.0. The van der Waals surface area contributed by atoms with Gasteiger partial charge in [-0.15, -0.1) is 0 Å². The number of hydrogen-bond donors (Lipinski definition) is 0. The molecule has 1 rings (SSSR count). The molecule has 0 aliphatic rings. The molecule has 0 radical (unpaired) electrons. The van der Waals surface area contributed by atoms with Crippen LogP contribution in [0, 0.1) is 0 Å². The maximum Gasteiger partial charge on any atom is 0.310 e. The molecule has 0 saturated heterocycles. The Balaban J connectivity index is 2.90. The molecule has 0 aromatic carbocycles. The molecule has 3 nitrogen and oxygen atoms in total. The Bertz CT molecular complexity index is 399. The van der Waals surface area contributed by atoms with Crippen LogP contribution in [0.5, 0.6) is 0 Å². The van der Waals surface area contributed by atoms with Crippen molar-refractivity contribution in [1.29, 1.82) is 0 Å². The van der Waals surface area contributed by atoms with E-state index in [0.717, 1.165) is 0 Å². The Labute approximate surface area is 106 Å². The van der Waals surface area contributed by atoms with E-state index in [1.165, 1.54) is 6.07 Å². The predicted octanol–water partition coefficient (Wildman–Crippen LogP) is 3.02. The summed E-state index contributed by atoms with van der Waals surface area (Å²) in [6, 6.07) is 2.84. The molecule has 1 aromatic heterocycles. The van der Waals surface area contributed by atoms with E-state index in [1.54, 1.807) is 13.0 Å². The van der Waals surface area contributed by atoms with Gasteiger partial charge in [0.25, 0.3) is 6.43 Å². The molecule has 0 aliphatic carbocycles. The van der Waals surface area contributed by atoms with E-state index in [9.17, 15) is 13.6 Å². The molecule has 0 amide bonds. The van der Waals surface area contributed by atoms with Crippen molar-refractivity contribution in [3.63, 3.8) is 0 Å². The molecule has 0 bridgehead atoms. The zero-order valence-electron chi connectivity index (χ0n) is 9.25. The number of hydrogen-bond acceptors (Lipinski definition) is 3. The summed E-state index contributed by atoms with van der Waals surface area (Å²) in [5.41, 5.74) is 0.645. The molecular weight excluding hydrogens is 296 g/mol. The van der Waals surface area contributed by atoms with Crippen molar-refractivity contribution in [3.8, 4) is 0 Å². The zero-order valence-corrected chi connectivity index (χ0v) is 10.8. The lowest BCUT2D eigenvalue weighted by Crippen LogP contribution is -2.09. The van der Waals surface area contributed by atoms with Gasteiger partial charge in [0.05, 0.1) is 18.7 Å². The van der Waals surface area contributed by atoms with Gasteiger partial charge in [-0.2, -0.15) is 0 Å². The lowest BCUT2D eigenvalue weighted by atomic mass is 10.1. The number of carbonyl (C=O) groups excluding carboxylic acids is 1. The first-order valence-electron chi connectivity index (χ1n) is 5.06. The summed E-state index contributed by atoms with van der Waals surface area (Å²) in [5, 5.41) is 0.364. The average Bonchev–Trinajstić information content (AvgIpc) is 2.28. The van der Waals surface area contributed by atoms with Crippen molar-refractivity contribution >= 4 is 21.9 Å². The van der Waals surface area contributed by atoms with Crippen LogP contribution < -0.4 is 0 Å². The number of aromatic nitrogens is 1. The first-order valence-corrected chi connectivity index (χ1v) is 6.18. The van der Waals surface area contributed by atoms with Crippen LogP contribution in [0.25, 0.3) is 0 Å². The van der Waals surface area contributed by atoms with Crippen molar-refractivity contribution in [1.82, 2.24) is 4.98 Å². The molecule has 0 saturated carbocycles. The monoisotopic (exact) mass is 307 g/mol. The van der Waals surface area contributed by atoms with Crippen molar-refractivity contribution in [2.45, 2.75) is 25.1 Å². The van der Waals surface area contributed by atoms with Crippen molar-refractivity contribution in [3.05, 3.63) is 29.1 Å². The lowest BCUT2D eigenvalue weighted by Gasteiger charge is -2.07. The Morgan fingerprint density at radius 1 is 1.53 bits per heavy atom. The number of pyridine rings is 1. The van der Waals surface area contributed by atoms with Gasteiger partial charge in [-0.1, -0.05) is 15.9 Å². The largest absolute Gasteiger partial charge is 0.466 e. The van der Waals surface area contributed by atoms with Crippen LogP contribution in [-0.2, 0) is 21.3 Å². The van der Waals surface area contributed by atoms with E-state index in [4.69, 9.17) is 4.74 Å². The highest BCUT2D eigenvalue weighted by molar-refractivity contribution is 9.08. The molecule has 6 heteroatoms. The van der Waals surface area contributed by atoms with Crippen LogP contribution in [-0.4, -0.2) is 17.6 Å². The van der Waals surface area contributed by atoms with Crippen molar-refractivity contribution in [2.75, 3.05) is 6.61 Å². The minimum absolute atomic E-state index is 0.0178. The number of carbonyl (C=O) groups is 1. The molecule has 0 N–H and O–H groups in total. The maximum absolute atomic E-state index is 12.6. The van der Waals surface area contributed by atoms with Gasteiger partial charge in [0.2, 0.25) is 0 Å². The van der Waals surface area contributed by atoms with Gasteiger partial charge in [0.1, 0.15) is 5.69 Å². The Hall–Kier alpha value is -1.04. The molecule has 1 aromatic rings. The third kappa shape index (κ3) is 4.38. The summed E-state index contributed by atoms with van der Waals surface area (Å²) in [4.78, 5) is 15.0. The smallest absolute Gasteiger partial charge is 0.310 e. The van der Waals surface area contributed by atoms with Crippen LogP contribution in [0.3, 0.4) is 0 Å². The van der Waals surface area contributed by atoms with Gasteiger partial charge >= 0.3 is 5.97 Å². The standard InChI is InChI=1S/C11H12BrF2NO2/c1-2-17-10(16)5-7-3-8(6-12)15-9(4-7)11(13)14/h3-4,11H,2,5-6H2,1H3. The van der Waals surface area contributed by atoms with Crippen molar-refractivity contribution in [2.24, 2.45) is 0 Å². The molecule has 0 spiro atoms. The fraction of sp³-hybridized carbons (Fsp3) is 0.455. The molecule has 94 valence electrons. The van der Waals surface area contributed by atoms with Crippen LogP contribution in [0.2, 0.25) is 0 Å². The van der Waals surface area contributed by atoms with E-state index >= 15 is 0 Å². The Morgan fingerprint density at radius 3 is 2.76 bits per heavy atom. The summed E-state index contributed by atoms with van der Waals surface area (Å²) in [5.74, 6) is -0.431. The minimum Gasteiger partial charge on any atom is -0.466 e. The van der Waals surface area contributed by atoms with Crippen molar-refractivity contribution < 1.29 is 18.3 Å². The highest BCUT2D eigenvalue weighted by Gasteiger charge is 2.13. The van der Waals surface area contributed by atoms with Crippen LogP contribution in [0.4, 0.5) is 8.78 Å². The fourth-order valence-corrected chi connectivity index (χ4v) is 1.62. The second-order valence-corrected chi connectivity index (χ2v) is 3.87. The lowest BCUT2D eigenvalue weighted by molar-refractivity contribution is -0.142. The summed E-state index contributed by atoms with van der Waals surface area (Å²) in [6.07, 6.45) is -2.66. The Kier molecular flexibility index (Phi) is 5.47. The SMILES string of the molecule is CCOC(=O)Cc1cc(CBr)nc(C(F)F)c1. The topological polar surface area (TPSA) is 39.2 Å². The van der Waals surface area contributed by atoms with Crippen LogP contribution in [0.15, 0.2) is 12.1 Å². The van der Waals surface area contributed by atoms with Gasteiger partial charge in [0.15, 0.2) is 0 Å². The van der Waals surface area contributed by atoms with Gasteiger partial charge in [0, 0.05) is 5.33 Å². The highest BCUT2D eigenvalue weighted by atomic mass is 79.9. The third-order valence-corrected chi connectivity index (χ3v) is 2.55. The molecule has 17 heavy (non-hydrogen) atoms.